The van der Waals surface area contributed by atoms with E-state index >= 15 is 0 Å². The highest BCUT2D eigenvalue weighted by Crippen LogP contribution is 2.33. The van der Waals surface area contributed by atoms with E-state index in [1.807, 2.05) is 41.8 Å². The zero-order valence-corrected chi connectivity index (χ0v) is 20.4. The number of nitrogens with zero attached hydrogens (tertiary/aromatic N) is 4. The molecule has 0 aliphatic rings. The first-order valence-corrected chi connectivity index (χ1v) is 11.8. The summed E-state index contributed by atoms with van der Waals surface area (Å²) in [6.07, 6.45) is 3.38. The number of halogens is 1. The fourth-order valence-corrected chi connectivity index (χ4v) is 4.46. The van der Waals surface area contributed by atoms with Crippen molar-refractivity contribution in [3.63, 3.8) is 0 Å². The highest BCUT2D eigenvalue weighted by atomic mass is 35.5. The lowest BCUT2D eigenvalue weighted by Gasteiger charge is -2.16. The molecule has 0 aliphatic heterocycles. The molecule has 1 atom stereocenters. The molecule has 4 aromatic rings. The van der Waals surface area contributed by atoms with Crippen molar-refractivity contribution in [2.75, 3.05) is 5.32 Å². The predicted octanol–water partition coefficient (Wildman–Crippen LogP) is 5.61. The van der Waals surface area contributed by atoms with E-state index in [-0.39, 0.29) is 11.7 Å². The van der Waals surface area contributed by atoms with Crippen LogP contribution in [0.1, 0.15) is 29.8 Å². The molecule has 0 aliphatic carbocycles. The summed E-state index contributed by atoms with van der Waals surface area (Å²) < 4.78 is 1.90. The van der Waals surface area contributed by atoms with E-state index in [2.05, 4.69) is 20.5 Å². The van der Waals surface area contributed by atoms with Crippen LogP contribution in [-0.2, 0) is 4.79 Å². The van der Waals surface area contributed by atoms with Gasteiger partial charge in [-0.25, -0.2) is 0 Å². The molecule has 0 saturated heterocycles. The van der Waals surface area contributed by atoms with Gasteiger partial charge in [0, 0.05) is 28.5 Å². The fraction of sp³-hybridized carbons (Fsp3) is 0.160. The summed E-state index contributed by atoms with van der Waals surface area (Å²) in [6.45, 7) is 5.18. The van der Waals surface area contributed by atoms with E-state index in [1.165, 1.54) is 18.7 Å². The number of carbonyl (C=O) groups excluding carboxylic acids is 2. The van der Waals surface area contributed by atoms with Gasteiger partial charge in [-0.1, -0.05) is 41.6 Å². The number of para-hydroxylation sites is 1. The highest BCUT2D eigenvalue weighted by Gasteiger charge is 2.23. The Bertz CT molecular complexity index is 1360. The summed E-state index contributed by atoms with van der Waals surface area (Å²) in [5.41, 5.74) is 3.47. The first kappa shape index (κ1) is 23.7. The maximum atomic E-state index is 13.0. The molecular weight excluding hydrogens is 470 g/mol. The van der Waals surface area contributed by atoms with E-state index in [0.717, 1.165) is 16.8 Å². The molecule has 0 fully saturated rings. The van der Waals surface area contributed by atoms with Gasteiger partial charge in [-0.2, -0.15) is 0 Å². The Kier molecular flexibility index (Phi) is 7.09. The van der Waals surface area contributed by atoms with Gasteiger partial charge in [0.1, 0.15) is 0 Å². The number of anilines is 1. The Morgan fingerprint density at radius 1 is 1.03 bits per heavy atom. The van der Waals surface area contributed by atoms with Gasteiger partial charge >= 0.3 is 0 Å². The molecule has 1 unspecified atom stereocenters. The molecule has 2 aromatic carbocycles. The van der Waals surface area contributed by atoms with Gasteiger partial charge in [0.05, 0.1) is 16.6 Å². The van der Waals surface area contributed by atoms with Crippen LogP contribution in [0.4, 0.5) is 5.69 Å². The third-order valence-corrected chi connectivity index (χ3v) is 6.72. The average molecular weight is 492 g/mol. The Hall–Kier alpha value is -3.49. The highest BCUT2D eigenvalue weighted by molar-refractivity contribution is 8.00. The normalized spacial score (nSPS) is 11.8. The number of pyridine rings is 1. The Morgan fingerprint density at radius 2 is 1.76 bits per heavy atom. The number of carbonyl (C=O) groups is 2. The molecule has 7 nitrogen and oxygen atoms in total. The van der Waals surface area contributed by atoms with E-state index in [9.17, 15) is 9.59 Å². The molecule has 1 amide bonds. The van der Waals surface area contributed by atoms with Crippen molar-refractivity contribution < 1.29 is 9.59 Å². The van der Waals surface area contributed by atoms with Crippen LogP contribution < -0.4 is 5.32 Å². The molecule has 0 bridgehead atoms. The summed E-state index contributed by atoms with van der Waals surface area (Å²) >= 11 is 7.68. The molecular formula is C25H22ClN5O2S. The van der Waals surface area contributed by atoms with Crippen LogP contribution in [0.15, 0.2) is 72.1 Å². The second-order valence-corrected chi connectivity index (χ2v) is 9.33. The first-order chi connectivity index (χ1) is 16.4. The number of Topliss-reactive ketones (excluding diaryl/α,β-unsaturated/α-hetero) is 1. The second kappa shape index (κ2) is 10.2. The Morgan fingerprint density at radius 3 is 2.50 bits per heavy atom. The second-order valence-electron chi connectivity index (χ2n) is 7.61. The van der Waals surface area contributed by atoms with Crippen molar-refractivity contribution >= 4 is 40.7 Å². The van der Waals surface area contributed by atoms with E-state index in [4.69, 9.17) is 11.6 Å². The van der Waals surface area contributed by atoms with Crippen LogP contribution >= 0.6 is 23.4 Å². The topological polar surface area (TPSA) is 89.8 Å². The van der Waals surface area contributed by atoms with Crippen LogP contribution in [0.3, 0.4) is 0 Å². The van der Waals surface area contributed by atoms with Crippen LogP contribution in [0.2, 0.25) is 5.02 Å². The largest absolute Gasteiger partial charge is 0.324 e. The maximum absolute atomic E-state index is 13.0. The molecule has 34 heavy (non-hydrogen) atoms. The van der Waals surface area contributed by atoms with Gasteiger partial charge in [0.2, 0.25) is 5.91 Å². The van der Waals surface area contributed by atoms with Crippen LogP contribution in [0.25, 0.3) is 17.1 Å². The minimum Gasteiger partial charge on any atom is -0.324 e. The summed E-state index contributed by atoms with van der Waals surface area (Å²) in [4.78, 5) is 29.0. The Labute approximate surface area is 206 Å². The number of hydrogen-bond donors (Lipinski definition) is 1. The third kappa shape index (κ3) is 4.88. The number of amides is 1. The molecule has 172 valence electrons. The van der Waals surface area contributed by atoms with Crippen molar-refractivity contribution in [1.82, 2.24) is 19.7 Å². The standard InChI is InChI=1S/C25H22ClN5O2S/c1-15-20(26)8-6-10-22(15)31-23(18-11-13-27-14-12-18)29-30-25(31)34-17(3)24(33)28-21-9-5-4-7-19(21)16(2)32/h4-14,17H,1-3H3,(H,28,33). The SMILES string of the molecule is CC(=O)c1ccccc1NC(=O)C(C)Sc1nnc(-c2ccncc2)n1-c1cccc(Cl)c1C. The van der Waals surface area contributed by atoms with Crippen LogP contribution in [-0.4, -0.2) is 36.7 Å². The molecule has 0 spiro atoms. The van der Waals surface area contributed by atoms with Crippen molar-refractivity contribution in [2.45, 2.75) is 31.2 Å². The molecule has 0 radical (unpaired) electrons. The Balaban J connectivity index is 1.68. The van der Waals surface area contributed by atoms with Crippen molar-refractivity contribution in [3.05, 3.63) is 83.1 Å². The van der Waals surface area contributed by atoms with E-state index in [0.29, 0.717) is 27.3 Å². The third-order valence-electron chi connectivity index (χ3n) is 5.27. The van der Waals surface area contributed by atoms with E-state index < -0.39 is 5.25 Å². The van der Waals surface area contributed by atoms with Gasteiger partial charge < -0.3 is 5.32 Å². The zero-order chi connectivity index (χ0) is 24.2. The van der Waals surface area contributed by atoms with Gasteiger partial charge in [-0.05, 0) is 62.7 Å². The van der Waals surface area contributed by atoms with Gasteiger partial charge in [-0.3, -0.25) is 19.1 Å². The summed E-state index contributed by atoms with van der Waals surface area (Å²) in [7, 11) is 0. The monoisotopic (exact) mass is 491 g/mol. The number of benzene rings is 2. The molecule has 9 heteroatoms. The molecule has 2 aromatic heterocycles. The number of nitrogens with one attached hydrogen (secondary N) is 1. The number of hydrogen-bond acceptors (Lipinski definition) is 6. The number of aromatic nitrogens is 4. The molecule has 2 heterocycles. The number of rotatable bonds is 7. The predicted molar refractivity (Wildman–Crippen MR) is 135 cm³/mol. The molecule has 1 N–H and O–H groups in total. The average Bonchev–Trinajstić information content (AvgIpc) is 3.24. The lowest BCUT2D eigenvalue weighted by Crippen LogP contribution is -2.24. The van der Waals surface area contributed by atoms with Crippen LogP contribution in [0, 0.1) is 6.92 Å². The lowest BCUT2D eigenvalue weighted by molar-refractivity contribution is -0.115. The molecule has 0 saturated carbocycles. The fourth-order valence-electron chi connectivity index (χ4n) is 3.43. The zero-order valence-electron chi connectivity index (χ0n) is 18.8. The minimum atomic E-state index is -0.521. The summed E-state index contributed by atoms with van der Waals surface area (Å²) in [5, 5.41) is 12.3. The lowest BCUT2D eigenvalue weighted by atomic mass is 10.1. The quantitative estimate of drug-likeness (QED) is 0.267. The minimum absolute atomic E-state index is 0.116. The smallest absolute Gasteiger partial charge is 0.237 e. The van der Waals surface area contributed by atoms with Crippen LogP contribution in [0.5, 0.6) is 0 Å². The van der Waals surface area contributed by atoms with Crippen molar-refractivity contribution in [3.8, 4) is 17.1 Å². The van der Waals surface area contributed by atoms with Gasteiger partial charge in [-0.15, -0.1) is 10.2 Å². The van der Waals surface area contributed by atoms with E-state index in [1.54, 1.807) is 43.6 Å². The van der Waals surface area contributed by atoms with Gasteiger partial charge in [0.15, 0.2) is 16.8 Å². The number of ketones is 1. The van der Waals surface area contributed by atoms with Gasteiger partial charge in [0.25, 0.3) is 0 Å². The summed E-state index contributed by atoms with van der Waals surface area (Å²) in [6, 6.07) is 16.3. The maximum Gasteiger partial charge on any atom is 0.237 e. The van der Waals surface area contributed by atoms with Crippen molar-refractivity contribution in [1.29, 1.82) is 0 Å². The van der Waals surface area contributed by atoms with Crippen molar-refractivity contribution in [2.24, 2.45) is 0 Å². The first-order valence-electron chi connectivity index (χ1n) is 10.6. The summed E-state index contributed by atoms with van der Waals surface area (Å²) in [5.74, 6) is 0.251. The molecule has 4 rings (SSSR count). The number of thioether (sulfide) groups is 1.